The van der Waals surface area contributed by atoms with Crippen LogP contribution >= 0.6 is 0 Å². The zero-order valence-electron chi connectivity index (χ0n) is 14.7. The van der Waals surface area contributed by atoms with Gasteiger partial charge in [0, 0.05) is 13.1 Å². The highest BCUT2D eigenvalue weighted by Gasteiger charge is 2.34. The second kappa shape index (κ2) is 10.4. The molecule has 1 amide bonds. The van der Waals surface area contributed by atoms with Crippen LogP contribution in [-0.4, -0.2) is 49.6 Å². The van der Waals surface area contributed by atoms with Crippen LogP contribution < -0.4 is 11.1 Å². The summed E-state index contributed by atoms with van der Waals surface area (Å²) < 4.78 is 5.98. The number of nitrogens with two attached hydrogens (primary N) is 1. The Labute approximate surface area is 145 Å². The summed E-state index contributed by atoms with van der Waals surface area (Å²) in [4.78, 5) is 14.4. The van der Waals surface area contributed by atoms with E-state index in [0.29, 0.717) is 6.61 Å². The van der Waals surface area contributed by atoms with Gasteiger partial charge >= 0.3 is 0 Å². The van der Waals surface area contributed by atoms with Crippen LogP contribution in [0.1, 0.15) is 37.7 Å². The second-order valence-electron chi connectivity index (χ2n) is 6.60. The topological polar surface area (TPSA) is 67.6 Å². The molecule has 1 heterocycles. The fourth-order valence-electron chi connectivity index (χ4n) is 3.12. The van der Waals surface area contributed by atoms with Crippen molar-refractivity contribution in [3.8, 4) is 0 Å². The molecule has 0 aliphatic carbocycles. The molecule has 0 unspecified atom stereocenters. The molecular weight excluding hydrogens is 302 g/mol. The van der Waals surface area contributed by atoms with E-state index in [0.717, 1.165) is 51.7 Å². The normalized spacial score (nSPS) is 21.1. The van der Waals surface area contributed by atoms with E-state index in [4.69, 9.17) is 10.5 Å². The van der Waals surface area contributed by atoms with Crippen LogP contribution in [-0.2, 0) is 16.1 Å². The van der Waals surface area contributed by atoms with Crippen LogP contribution in [0.2, 0.25) is 0 Å². The first-order valence-corrected chi connectivity index (χ1v) is 9.04. The monoisotopic (exact) mass is 333 g/mol. The number of nitrogens with one attached hydrogen (secondary N) is 1. The number of benzene rings is 1. The Morgan fingerprint density at radius 2 is 2.00 bits per heavy atom. The first kappa shape index (κ1) is 18.9. The highest BCUT2D eigenvalue weighted by atomic mass is 16.5. The van der Waals surface area contributed by atoms with Crippen molar-refractivity contribution in [1.29, 1.82) is 0 Å². The molecule has 1 aliphatic rings. The van der Waals surface area contributed by atoms with E-state index in [2.05, 4.69) is 22.3 Å². The zero-order valence-corrected chi connectivity index (χ0v) is 14.7. The van der Waals surface area contributed by atoms with Crippen LogP contribution in [0.4, 0.5) is 0 Å². The Morgan fingerprint density at radius 1 is 1.25 bits per heavy atom. The summed E-state index contributed by atoms with van der Waals surface area (Å²) in [5.74, 6) is 0.127. The van der Waals surface area contributed by atoms with Crippen molar-refractivity contribution in [2.45, 2.75) is 50.9 Å². The molecule has 2 atom stereocenters. The smallest absolute Gasteiger partial charge is 0.237 e. The molecule has 1 saturated heterocycles. The number of ether oxygens (including phenoxy) is 1. The minimum Gasteiger partial charge on any atom is -0.372 e. The summed E-state index contributed by atoms with van der Waals surface area (Å²) in [5, 5.41) is 3.06. The standard InChI is InChI=1S/C19H31N3O2/c1-22-14-17(24-15-16-9-5-4-6-10-16)13-18(22)19(23)21-12-8-3-2-7-11-20/h4-6,9-10,17-18H,2-3,7-8,11-15,20H2,1H3,(H,21,23)/t17-,18+/m1/s1. The van der Waals surface area contributed by atoms with E-state index < -0.39 is 0 Å². The third kappa shape index (κ3) is 6.23. The molecule has 0 saturated carbocycles. The first-order chi connectivity index (χ1) is 11.7. The minimum absolute atomic E-state index is 0.0742. The van der Waals surface area contributed by atoms with E-state index >= 15 is 0 Å². The van der Waals surface area contributed by atoms with Gasteiger partial charge < -0.3 is 15.8 Å². The molecule has 5 nitrogen and oxygen atoms in total. The lowest BCUT2D eigenvalue weighted by atomic mass is 10.1. The van der Waals surface area contributed by atoms with Gasteiger partial charge in [-0.2, -0.15) is 0 Å². The number of unbranched alkanes of at least 4 members (excludes halogenated alkanes) is 3. The summed E-state index contributed by atoms with van der Waals surface area (Å²) >= 11 is 0. The van der Waals surface area contributed by atoms with Gasteiger partial charge in [0.1, 0.15) is 0 Å². The lowest BCUT2D eigenvalue weighted by molar-refractivity contribution is -0.125. The van der Waals surface area contributed by atoms with Crippen LogP contribution in [0.5, 0.6) is 0 Å². The molecule has 2 rings (SSSR count). The molecule has 1 aliphatic heterocycles. The van der Waals surface area contributed by atoms with Crippen LogP contribution in [0, 0.1) is 0 Å². The number of carbonyl (C=O) groups is 1. The third-order valence-corrected chi connectivity index (χ3v) is 4.57. The largest absolute Gasteiger partial charge is 0.372 e. The van der Waals surface area contributed by atoms with Crippen LogP contribution in [0.3, 0.4) is 0 Å². The lowest BCUT2D eigenvalue weighted by Gasteiger charge is -2.18. The van der Waals surface area contributed by atoms with Crippen molar-refractivity contribution >= 4 is 5.91 Å². The lowest BCUT2D eigenvalue weighted by Crippen LogP contribution is -2.41. The van der Waals surface area contributed by atoms with E-state index in [-0.39, 0.29) is 18.1 Å². The van der Waals surface area contributed by atoms with Gasteiger partial charge in [0.2, 0.25) is 5.91 Å². The van der Waals surface area contributed by atoms with Gasteiger partial charge in [0.25, 0.3) is 0 Å². The summed E-state index contributed by atoms with van der Waals surface area (Å²) in [6.07, 6.45) is 5.25. The summed E-state index contributed by atoms with van der Waals surface area (Å²) in [6.45, 7) is 2.92. The molecule has 1 aromatic rings. The molecular formula is C19H31N3O2. The molecule has 3 N–H and O–H groups in total. The Bertz CT molecular complexity index is 481. The minimum atomic E-state index is -0.0742. The Kier molecular flexibility index (Phi) is 8.22. The second-order valence-corrected chi connectivity index (χ2v) is 6.60. The average molecular weight is 333 g/mol. The van der Waals surface area contributed by atoms with Gasteiger partial charge in [-0.3, -0.25) is 9.69 Å². The number of amides is 1. The molecule has 0 aromatic heterocycles. The van der Waals surface area contributed by atoms with Gasteiger partial charge in [-0.05, 0) is 38.4 Å². The Morgan fingerprint density at radius 3 is 2.75 bits per heavy atom. The quantitative estimate of drug-likeness (QED) is 0.642. The van der Waals surface area contributed by atoms with Crippen molar-refractivity contribution in [3.05, 3.63) is 35.9 Å². The zero-order chi connectivity index (χ0) is 17.2. The number of hydrogen-bond donors (Lipinski definition) is 2. The number of likely N-dealkylation sites (tertiary alicyclic amines) is 1. The van der Waals surface area contributed by atoms with Crippen LogP contribution in [0.15, 0.2) is 30.3 Å². The molecule has 24 heavy (non-hydrogen) atoms. The Hall–Kier alpha value is -1.43. The number of hydrogen-bond acceptors (Lipinski definition) is 4. The van der Waals surface area contributed by atoms with E-state index in [1.54, 1.807) is 0 Å². The number of likely N-dealkylation sites (N-methyl/N-ethyl adjacent to an activating group) is 1. The predicted molar refractivity (Wildman–Crippen MR) is 96.6 cm³/mol. The maximum Gasteiger partial charge on any atom is 0.237 e. The van der Waals surface area contributed by atoms with Crippen LogP contribution in [0.25, 0.3) is 0 Å². The third-order valence-electron chi connectivity index (χ3n) is 4.57. The van der Waals surface area contributed by atoms with Crippen molar-refractivity contribution in [3.63, 3.8) is 0 Å². The highest BCUT2D eigenvalue weighted by Crippen LogP contribution is 2.20. The fourth-order valence-corrected chi connectivity index (χ4v) is 3.12. The summed E-state index contributed by atoms with van der Waals surface area (Å²) in [7, 11) is 2.00. The van der Waals surface area contributed by atoms with E-state index in [1.807, 2.05) is 25.2 Å². The maximum atomic E-state index is 12.3. The van der Waals surface area contributed by atoms with Gasteiger partial charge in [-0.25, -0.2) is 0 Å². The molecule has 5 heteroatoms. The van der Waals surface area contributed by atoms with Crippen molar-refractivity contribution in [2.75, 3.05) is 26.7 Å². The number of carbonyl (C=O) groups excluding carboxylic acids is 1. The molecule has 0 bridgehead atoms. The van der Waals surface area contributed by atoms with Gasteiger partial charge in [-0.15, -0.1) is 0 Å². The van der Waals surface area contributed by atoms with Crippen molar-refractivity contribution in [1.82, 2.24) is 10.2 Å². The molecule has 1 fully saturated rings. The predicted octanol–water partition coefficient (Wildman–Crippen LogP) is 1.91. The first-order valence-electron chi connectivity index (χ1n) is 9.04. The number of rotatable bonds is 10. The van der Waals surface area contributed by atoms with Crippen molar-refractivity contribution in [2.24, 2.45) is 5.73 Å². The van der Waals surface area contributed by atoms with E-state index in [9.17, 15) is 4.79 Å². The van der Waals surface area contributed by atoms with E-state index in [1.165, 1.54) is 5.56 Å². The van der Waals surface area contributed by atoms with Crippen molar-refractivity contribution < 1.29 is 9.53 Å². The Balaban J connectivity index is 1.65. The summed E-state index contributed by atoms with van der Waals surface area (Å²) in [6, 6.07) is 10.1. The average Bonchev–Trinajstić information content (AvgIpc) is 2.98. The molecule has 134 valence electrons. The van der Waals surface area contributed by atoms with Gasteiger partial charge in [0.15, 0.2) is 0 Å². The molecule has 0 spiro atoms. The number of nitrogens with zero attached hydrogens (tertiary/aromatic N) is 1. The maximum absolute atomic E-state index is 12.3. The molecule has 0 radical (unpaired) electrons. The SMILES string of the molecule is CN1C[C@H](OCc2ccccc2)C[C@H]1C(=O)NCCCCCCN. The fraction of sp³-hybridized carbons (Fsp3) is 0.632. The summed E-state index contributed by atoms with van der Waals surface area (Å²) in [5.41, 5.74) is 6.65. The van der Waals surface area contributed by atoms with Gasteiger partial charge in [-0.1, -0.05) is 43.2 Å². The molecule has 1 aromatic carbocycles. The highest BCUT2D eigenvalue weighted by molar-refractivity contribution is 5.82. The van der Waals surface area contributed by atoms with Gasteiger partial charge in [0.05, 0.1) is 18.8 Å².